The molecule has 0 spiro atoms. The second kappa shape index (κ2) is 4.19. The van der Waals surface area contributed by atoms with E-state index in [2.05, 4.69) is 35.3 Å². The Morgan fingerprint density at radius 3 is 2.88 bits per heavy atom. The van der Waals surface area contributed by atoms with Crippen LogP contribution in [0.2, 0.25) is 0 Å². The molecule has 84 valence electrons. The van der Waals surface area contributed by atoms with Crippen molar-refractivity contribution in [2.45, 2.75) is 20.4 Å². The molecule has 0 saturated heterocycles. The van der Waals surface area contributed by atoms with E-state index in [1.54, 1.807) is 0 Å². The van der Waals surface area contributed by atoms with Crippen LogP contribution in [-0.4, -0.2) is 14.8 Å². The lowest BCUT2D eigenvalue weighted by Crippen LogP contribution is -2.08. The maximum absolute atomic E-state index is 5.64. The molecule has 0 bridgehead atoms. The third kappa shape index (κ3) is 1.79. The van der Waals surface area contributed by atoms with E-state index in [1.165, 1.54) is 5.56 Å². The first-order valence-electron chi connectivity index (χ1n) is 5.07. The summed E-state index contributed by atoms with van der Waals surface area (Å²) in [6.07, 6.45) is 0. The zero-order chi connectivity index (χ0) is 11.7. The fourth-order valence-electron chi connectivity index (χ4n) is 1.68. The molecular formula is C11H14N4S. The summed E-state index contributed by atoms with van der Waals surface area (Å²) in [5.41, 5.74) is 9.02. The monoisotopic (exact) mass is 234 g/mol. The SMILES string of the molecule is Cc1ccc(C)c(-n2c(CN)n[nH]c2=S)c1. The molecule has 0 aliphatic rings. The van der Waals surface area contributed by atoms with Crippen molar-refractivity contribution in [1.82, 2.24) is 14.8 Å². The van der Waals surface area contributed by atoms with Crippen LogP contribution in [-0.2, 0) is 6.54 Å². The fourth-order valence-corrected chi connectivity index (χ4v) is 1.92. The van der Waals surface area contributed by atoms with Gasteiger partial charge in [-0.25, -0.2) is 0 Å². The predicted molar refractivity (Wildman–Crippen MR) is 66.1 cm³/mol. The van der Waals surface area contributed by atoms with Crippen molar-refractivity contribution in [3.05, 3.63) is 39.9 Å². The second-order valence-electron chi connectivity index (χ2n) is 3.77. The zero-order valence-electron chi connectivity index (χ0n) is 9.32. The van der Waals surface area contributed by atoms with Gasteiger partial charge in [0.2, 0.25) is 0 Å². The van der Waals surface area contributed by atoms with E-state index in [1.807, 2.05) is 11.5 Å². The van der Waals surface area contributed by atoms with Crippen LogP contribution >= 0.6 is 12.2 Å². The van der Waals surface area contributed by atoms with Crippen molar-refractivity contribution in [2.24, 2.45) is 5.73 Å². The molecule has 3 N–H and O–H groups in total. The van der Waals surface area contributed by atoms with E-state index in [0.29, 0.717) is 11.3 Å². The average molecular weight is 234 g/mol. The topological polar surface area (TPSA) is 59.6 Å². The lowest BCUT2D eigenvalue weighted by Gasteiger charge is -2.09. The van der Waals surface area contributed by atoms with Gasteiger partial charge in [-0.05, 0) is 43.3 Å². The molecule has 4 nitrogen and oxygen atoms in total. The van der Waals surface area contributed by atoms with Gasteiger partial charge in [-0.1, -0.05) is 12.1 Å². The lowest BCUT2D eigenvalue weighted by molar-refractivity contribution is 0.853. The first kappa shape index (κ1) is 11.0. The normalized spacial score (nSPS) is 10.7. The van der Waals surface area contributed by atoms with Crippen molar-refractivity contribution in [2.75, 3.05) is 0 Å². The quantitative estimate of drug-likeness (QED) is 0.781. The molecular weight excluding hydrogens is 220 g/mol. The largest absolute Gasteiger partial charge is 0.324 e. The number of H-pyrrole nitrogens is 1. The molecule has 1 aromatic heterocycles. The maximum atomic E-state index is 5.64. The van der Waals surface area contributed by atoms with Crippen LogP contribution in [0.1, 0.15) is 17.0 Å². The van der Waals surface area contributed by atoms with E-state index < -0.39 is 0 Å². The third-order valence-electron chi connectivity index (χ3n) is 2.53. The van der Waals surface area contributed by atoms with Gasteiger partial charge >= 0.3 is 0 Å². The number of rotatable bonds is 2. The number of aryl methyl sites for hydroxylation is 2. The Labute approximate surface area is 99.1 Å². The summed E-state index contributed by atoms with van der Waals surface area (Å²) in [5.74, 6) is 0.749. The van der Waals surface area contributed by atoms with Crippen molar-refractivity contribution < 1.29 is 0 Å². The highest BCUT2D eigenvalue weighted by atomic mass is 32.1. The summed E-state index contributed by atoms with van der Waals surface area (Å²) in [6.45, 7) is 4.46. The molecule has 5 heteroatoms. The van der Waals surface area contributed by atoms with Gasteiger partial charge in [0.05, 0.1) is 12.2 Å². The highest BCUT2D eigenvalue weighted by Gasteiger charge is 2.08. The van der Waals surface area contributed by atoms with Crippen LogP contribution in [0.25, 0.3) is 5.69 Å². The smallest absolute Gasteiger partial charge is 0.199 e. The van der Waals surface area contributed by atoms with E-state index in [0.717, 1.165) is 17.1 Å². The highest BCUT2D eigenvalue weighted by molar-refractivity contribution is 7.71. The Kier molecular flexibility index (Phi) is 2.89. The number of aromatic amines is 1. The van der Waals surface area contributed by atoms with Crippen LogP contribution in [0.4, 0.5) is 0 Å². The molecule has 0 amide bonds. The standard InChI is InChI=1S/C11H14N4S/c1-7-3-4-8(2)9(5-7)15-10(6-12)13-14-11(15)16/h3-5H,6,12H2,1-2H3,(H,14,16). The van der Waals surface area contributed by atoms with Gasteiger partial charge in [0, 0.05) is 0 Å². The number of nitrogens with zero attached hydrogens (tertiary/aromatic N) is 2. The van der Waals surface area contributed by atoms with Crippen molar-refractivity contribution >= 4 is 12.2 Å². The molecule has 2 aromatic rings. The molecule has 0 atom stereocenters. The van der Waals surface area contributed by atoms with Gasteiger partial charge in [-0.15, -0.1) is 0 Å². The van der Waals surface area contributed by atoms with Crippen LogP contribution < -0.4 is 5.73 Å². The van der Waals surface area contributed by atoms with Gasteiger partial charge in [0.15, 0.2) is 4.77 Å². The van der Waals surface area contributed by atoms with E-state index in [4.69, 9.17) is 18.0 Å². The van der Waals surface area contributed by atoms with E-state index in [-0.39, 0.29) is 0 Å². The average Bonchev–Trinajstić information content (AvgIpc) is 2.63. The number of hydrogen-bond acceptors (Lipinski definition) is 3. The molecule has 0 saturated carbocycles. The van der Waals surface area contributed by atoms with Gasteiger partial charge < -0.3 is 5.73 Å². The molecule has 16 heavy (non-hydrogen) atoms. The zero-order valence-corrected chi connectivity index (χ0v) is 10.1. The fraction of sp³-hybridized carbons (Fsp3) is 0.273. The summed E-state index contributed by atoms with van der Waals surface area (Å²) < 4.78 is 2.46. The number of nitrogens with two attached hydrogens (primary N) is 1. The first-order valence-corrected chi connectivity index (χ1v) is 5.48. The first-order chi connectivity index (χ1) is 7.63. The Morgan fingerprint density at radius 2 is 2.19 bits per heavy atom. The molecule has 2 rings (SSSR count). The molecule has 1 aromatic carbocycles. The molecule has 0 aliphatic heterocycles. The van der Waals surface area contributed by atoms with Crippen LogP contribution in [0.15, 0.2) is 18.2 Å². The van der Waals surface area contributed by atoms with Crippen LogP contribution in [0.5, 0.6) is 0 Å². The molecule has 1 heterocycles. The Balaban J connectivity index is 2.71. The lowest BCUT2D eigenvalue weighted by atomic mass is 10.1. The molecule has 0 unspecified atom stereocenters. The number of aromatic nitrogens is 3. The molecule has 0 aliphatic carbocycles. The second-order valence-corrected chi connectivity index (χ2v) is 4.16. The van der Waals surface area contributed by atoms with Crippen molar-refractivity contribution in [3.8, 4) is 5.69 Å². The van der Waals surface area contributed by atoms with Gasteiger partial charge in [0.25, 0.3) is 0 Å². The summed E-state index contributed by atoms with van der Waals surface area (Å²) >= 11 is 5.21. The minimum absolute atomic E-state index is 0.362. The number of benzene rings is 1. The van der Waals surface area contributed by atoms with Crippen molar-refractivity contribution in [3.63, 3.8) is 0 Å². The minimum atomic E-state index is 0.362. The highest BCUT2D eigenvalue weighted by Crippen LogP contribution is 2.17. The molecule has 0 fully saturated rings. The Hall–Kier alpha value is -1.46. The number of nitrogens with one attached hydrogen (secondary N) is 1. The summed E-state index contributed by atoms with van der Waals surface area (Å²) in [7, 11) is 0. The Morgan fingerprint density at radius 1 is 1.44 bits per heavy atom. The maximum Gasteiger partial charge on any atom is 0.199 e. The third-order valence-corrected chi connectivity index (χ3v) is 2.80. The van der Waals surface area contributed by atoms with Crippen molar-refractivity contribution in [1.29, 1.82) is 0 Å². The van der Waals surface area contributed by atoms with Gasteiger partial charge in [-0.2, -0.15) is 5.10 Å². The van der Waals surface area contributed by atoms with Gasteiger partial charge in [0.1, 0.15) is 5.82 Å². The van der Waals surface area contributed by atoms with Crippen LogP contribution in [0, 0.1) is 18.6 Å². The van der Waals surface area contributed by atoms with E-state index in [9.17, 15) is 0 Å². The minimum Gasteiger partial charge on any atom is -0.324 e. The molecule has 0 radical (unpaired) electrons. The van der Waals surface area contributed by atoms with Crippen LogP contribution in [0.3, 0.4) is 0 Å². The summed E-state index contributed by atoms with van der Waals surface area (Å²) in [4.78, 5) is 0. The Bertz CT molecular complexity index is 568. The predicted octanol–water partition coefficient (Wildman–Crippen LogP) is 2.01. The number of hydrogen-bond donors (Lipinski definition) is 2. The summed E-state index contributed by atoms with van der Waals surface area (Å²) in [5, 5.41) is 6.87. The van der Waals surface area contributed by atoms with E-state index >= 15 is 0 Å². The van der Waals surface area contributed by atoms with Gasteiger partial charge in [-0.3, -0.25) is 9.67 Å². The summed E-state index contributed by atoms with van der Waals surface area (Å²) in [6, 6.07) is 6.23.